The molecule has 0 aliphatic rings. The molecular formula is C17H18N2O4. The van der Waals surface area contributed by atoms with Crippen molar-refractivity contribution in [3.8, 4) is 0 Å². The summed E-state index contributed by atoms with van der Waals surface area (Å²) in [5.74, 6) is 0. The number of hydrogen-bond donors (Lipinski definition) is 3. The molecule has 0 aliphatic heterocycles. The fraction of sp³-hybridized carbons (Fsp3) is 0.176. The zero-order valence-electron chi connectivity index (χ0n) is 12.9. The summed E-state index contributed by atoms with van der Waals surface area (Å²) in [6.45, 7) is 4.48. The van der Waals surface area contributed by atoms with Gasteiger partial charge in [-0.3, -0.25) is 10.1 Å². The van der Waals surface area contributed by atoms with Gasteiger partial charge in [0.15, 0.2) is 0 Å². The maximum Gasteiger partial charge on any atom is 0.409 e. The van der Waals surface area contributed by atoms with Gasteiger partial charge < -0.3 is 9.94 Å². The van der Waals surface area contributed by atoms with Crippen molar-refractivity contribution in [1.29, 1.82) is 0 Å². The van der Waals surface area contributed by atoms with E-state index in [9.17, 15) is 9.59 Å². The van der Waals surface area contributed by atoms with Crippen LogP contribution < -0.4 is 10.8 Å². The third-order valence-corrected chi connectivity index (χ3v) is 3.69. The second-order valence-electron chi connectivity index (χ2n) is 5.53. The highest BCUT2D eigenvalue weighted by Crippen LogP contribution is 2.32. The Hall–Kier alpha value is -3.02. The van der Waals surface area contributed by atoms with E-state index in [1.807, 2.05) is 36.4 Å². The van der Waals surface area contributed by atoms with E-state index in [0.717, 1.165) is 11.1 Å². The first kappa shape index (κ1) is 16.4. The Bertz CT molecular complexity index is 679. The third-order valence-electron chi connectivity index (χ3n) is 3.69. The van der Waals surface area contributed by atoms with Gasteiger partial charge in [-0.25, -0.2) is 10.3 Å². The predicted octanol–water partition coefficient (Wildman–Crippen LogP) is 3.60. The highest BCUT2D eigenvalue weighted by Gasteiger charge is 2.23. The molecule has 0 heterocycles. The largest absolute Gasteiger partial charge is 0.465 e. The Morgan fingerprint density at radius 3 is 1.91 bits per heavy atom. The van der Waals surface area contributed by atoms with Crippen molar-refractivity contribution in [1.82, 2.24) is 0 Å². The van der Waals surface area contributed by atoms with Crippen LogP contribution in [0.2, 0.25) is 0 Å². The van der Waals surface area contributed by atoms with Crippen LogP contribution in [0, 0.1) is 0 Å². The molecule has 120 valence electrons. The lowest BCUT2D eigenvalue weighted by atomic mass is 9.78. The number of carbonyl (C=O) groups excluding carboxylic acids is 1. The van der Waals surface area contributed by atoms with Gasteiger partial charge in [-0.15, -0.1) is 0 Å². The van der Waals surface area contributed by atoms with Crippen LogP contribution in [0.25, 0.3) is 0 Å². The van der Waals surface area contributed by atoms with Crippen LogP contribution in [0.4, 0.5) is 16.2 Å². The number of carbonyl (C=O) groups is 2. The lowest BCUT2D eigenvalue weighted by molar-refractivity contribution is -0.126. The van der Waals surface area contributed by atoms with Crippen LogP contribution in [-0.4, -0.2) is 17.7 Å². The molecular weight excluding hydrogens is 296 g/mol. The van der Waals surface area contributed by atoms with Gasteiger partial charge in [0.05, 0.1) is 5.69 Å². The van der Waals surface area contributed by atoms with Crippen LogP contribution in [0.15, 0.2) is 48.5 Å². The number of carboxylic acid groups (broad SMARTS) is 1. The van der Waals surface area contributed by atoms with Gasteiger partial charge >= 0.3 is 12.6 Å². The van der Waals surface area contributed by atoms with E-state index in [0.29, 0.717) is 17.8 Å². The Balaban J connectivity index is 2.19. The Labute approximate surface area is 134 Å². The minimum absolute atomic E-state index is 0.258. The summed E-state index contributed by atoms with van der Waals surface area (Å²) >= 11 is 0. The number of benzene rings is 2. The molecule has 0 aromatic heterocycles. The first-order valence-electron chi connectivity index (χ1n) is 7.00. The van der Waals surface area contributed by atoms with Crippen LogP contribution in [0.5, 0.6) is 0 Å². The van der Waals surface area contributed by atoms with E-state index < -0.39 is 6.09 Å². The zero-order chi connectivity index (χ0) is 16.9. The number of rotatable bonds is 6. The highest BCUT2D eigenvalue weighted by molar-refractivity contribution is 5.82. The van der Waals surface area contributed by atoms with E-state index in [2.05, 4.69) is 29.5 Å². The summed E-state index contributed by atoms with van der Waals surface area (Å²) in [4.78, 5) is 25.3. The van der Waals surface area contributed by atoms with E-state index in [4.69, 9.17) is 5.11 Å². The Kier molecular flexibility index (Phi) is 4.85. The predicted molar refractivity (Wildman–Crippen MR) is 87.4 cm³/mol. The fourth-order valence-corrected chi connectivity index (χ4v) is 2.31. The lowest BCUT2D eigenvalue weighted by Gasteiger charge is -2.26. The number of nitrogens with one attached hydrogen (secondary N) is 2. The van der Waals surface area contributed by atoms with Crippen LogP contribution >= 0.6 is 0 Å². The molecule has 2 aromatic carbocycles. The van der Waals surface area contributed by atoms with Crippen LogP contribution in [0.3, 0.4) is 0 Å². The molecule has 2 aromatic rings. The molecule has 0 unspecified atom stereocenters. The van der Waals surface area contributed by atoms with Crippen molar-refractivity contribution in [3.05, 3.63) is 59.7 Å². The first-order valence-corrected chi connectivity index (χ1v) is 7.00. The smallest absolute Gasteiger partial charge is 0.409 e. The maximum absolute atomic E-state index is 10.6. The molecule has 3 N–H and O–H groups in total. The second-order valence-corrected chi connectivity index (χ2v) is 5.53. The standard InChI is InChI=1S/C17H18N2O4/c1-17(2,12-3-7-14(8-4-12)18-16(21)22)13-5-9-15(10-6-13)19-23-11-20/h3-11,18-19H,1-2H3,(H,21,22). The molecule has 6 nitrogen and oxygen atoms in total. The van der Waals surface area contributed by atoms with Crippen molar-refractivity contribution in [2.75, 3.05) is 10.8 Å². The first-order chi connectivity index (χ1) is 10.9. The number of amides is 1. The van der Waals surface area contributed by atoms with Crippen molar-refractivity contribution in [2.45, 2.75) is 19.3 Å². The molecule has 0 spiro atoms. The minimum Gasteiger partial charge on any atom is -0.465 e. The van der Waals surface area contributed by atoms with Crippen LogP contribution in [-0.2, 0) is 15.0 Å². The molecule has 0 aliphatic carbocycles. The molecule has 0 saturated carbocycles. The topological polar surface area (TPSA) is 87.7 Å². The van der Waals surface area contributed by atoms with Gasteiger partial charge in [0.2, 0.25) is 0 Å². The van der Waals surface area contributed by atoms with Gasteiger partial charge in [-0.1, -0.05) is 38.1 Å². The zero-order valence-corrected chi connectivity index (χ0v) is 12.9. The second kappa shape index (κ2) is 6.83. The number of anilines is 2. The van der Waals surface area contributed by atoms with Crippen molar-refractivity contribution in [3.63, 3.8) is 0 Å². The third kappa shape index (κ3) is 4.00. The summed E-state index contributed by atoms with van der Waals surface area (Å²) in [5.41, 5.74) is 5.59. The van der Waals surface area contributed by atoms with E-state index in [1.54, 1.807) is 12.1 Å². The summed E-state index contributed by atoms with van der Waals surface area (Å²) in [6.07, 6.45) is -1.09. The van der Waals surface area contributed by atoms with Gasteiger partial charge in [-0.05, 0) is 35.4 Å². The average Bonchev–Trinajstić information content (AvgIpc) is 2.53. The molecule has 0 saturated heterocycles. The monoisotopic (exact) mass is 314 g/mol. The van der Waals surface area contributed by atoms with Gasteiger partial charge in [0.25, 0.3) is 0 Å². The molecule has 1 amide bonds. The van der Waals surface area contributed by atoms with Crippen molar-refractivity contribution in [2.24, 2.45) is 0 Å². The van der Waals surface area contributed by atoms with E-state index >= 15 is 0 Å². The molecule has 2 rings (SSSR count). The lowest BCUT2D eigenvalue weighted by Crippen LogP contribution is -2.19. The highest BCUT2D eigenvalue weighted by atomic mass is 16.7. The van der Waals surface area contributed by atoms with Gasteiger partial charge in [-0.2, -0.15) is 0 Å². The van der Waals surface area contributed by atoms with Gasteiger partial charge in [0.1, 0.15) is 0 Å². The SMILES string of the molecule is CC(C)(c1ccc(NOC=O)cc1)c1ccc(NC(=O)O)cc1. The summed E-state index contributed by atoms with van der Waals surface area (Å²) in [5, 5.41) is 11.0. The summed E-state index contributed by atoms with van der Waals surface area (Å²) in [6, 6.07) is 14.8. The van der Waals surface area contributed by atoms with Crippen molar-refractivity contribution >= 4 is 23.9 Å². The molecule has 0 fully saturated rings. The molecule has 0 bridgehead atoms. The van der Waals surface area contributed by atoms with Gasteiger partial charge in [0, 0.05) is 11.1 Å². The molecule has 6 heteroatoms. The number of hydrogen-bond acceptors (Lipinski definition) is 4. The molecule has 0 atom stereocenters. The van der Waals surface area contributed by atoms with E-state index in [1.165, 1.54) is 0 Å². The Morgan fingerprint density at radius 2 is 1.48 bits per heavy atom. The fourth-order valence-electron chi connectivity index (χ4n) is 2.31. The maximum atomic E-state index is 10.6. The van der Waals surface area contributed by atoms with E-state index in [-0.39, 0.29) is 5.41 Å². The molecule has 23 heavy (non-hydrogen) atoms. The summed E-state index contributed by atoms with van der Waals surface area (Å²) < 4.78 is 0. The van der Waals surface area contributed by atoms with Crippen LogP contribution in [0.1, 0.15) is 25.0 Å². The molecule has 0 radical (unpaired) electrons. The Morgan fingerprint density at radius 1 is 1.00 bits per heavy atom. The van der Waals surface area contributed by atoms with Crippen molar-refractivity contribution < 1.29 is 19.5 Å². The summed E-state index contributed by atoms with van der Waals surface area (Å²) in [7, 11) is 0. The average molecular weight is 314 g/mol. The quantitative estimate of drug-likeness (QED) is 0.560. The normalized spacial score (nSPS) is 10.7. The minimum atomic E-state index is -1.09.